The average Bonchev–Trinajstić information content (AvgIpc) is 3.16. The first-order valence-corrected chi connectivity index (χ1v) is 10.8. The molecule has 4 rings (SSSR count). The lowest BCUT2D eigenvalue weighted by Gasteiger charge is -2.27. The van der Waals surface area contributed by atoms with Crippen LogP contribution in [0.4, 0.5) is 16.6 Å². The maximum Gasteiger partial charge on any atom is 0.415 e. The Balaban J connectivity index is 1.28. The average molecular weight is 411 g/mol. The molecule has 2 N–H and O–H groups in total. The number of cyclic esters (lactones) is 1. The molecule has 1 aromatic heterocycles. The van der Waals surface area contributed by atoms with Gasteiger partial charge in [-0.15, -0.1) is 0 Å². The van der Waals surface area contributed by atoms with Crippen molar-refractivity contribution in [2.24, 2.45) is 0 Å². The number of rotatable bonds is 8. The van der Waals surface area contributed by atoms with Crippen molar-refractivity contribution in [3.63, 3.8) is 0 Å². The summed E-state index contributed by atoms with van der Waals surface area (Å²) in [5.41, 5.74) is 2.63. The minimum Gasteiger partial charge on any atom is -0.447 e. The van der Waals surface area contributed by atoms with Crippen LogP contribution in [0.15, 0.2) is 36.5 Å². The molecule has 2 aromatic rings. The molecule has 2 aliphatic rings. The fourth-order valence-corrected chi connectivity index (χ4v) is 3.87. The molecule has 2 aliphatic heterocycles. The Labute approximate surface area is 177 Å². The van der Waals surface area contributed by atoms with Crippen LogP contribution in [-0.2, 0) is 17.7 Å². The van der Waals surface area contributed by atoms with Gasteiger partial charge in [-0.3, -0.25) is 9.80 Å². The van der Waals surface area contributed by atoms with E-state index >= 15 is 0 Å². The Bertz CT molecular complexity index is 838. The number of amides is 1. The molecule has 0 aliphatic carbocycles. The van der Waals surface area contributed by atoms with Crippen molar-refractivity contribution in [1.29, 1.82) is 0 Å². The molecule has 8 nitrogen and oxygen atoms in total. The van der Waals surface area contributed by atoms with Crippen LogP contribution in [0, 0.1) is 0 Å². The molecular formula is C22H30N6O2. The van der Waals surface area contributed by atoms with Gasteiger partial charge in [0.1, 0.15) is 12.4 Å². The number of benzene rings is 1. The molecule has 2 saturated heterocycles. The number of nitrogens with zero attached hydrogens (tertiary/aromatic N) is 4. The maximum atomic E-state index is 12.0. The van der Waals surface area contributed by atoms with Crippen molar-refractivity contribution < 1.29 is 9.53 Å². The smallest absolute Gasteiger partial charge is 0.415 e. The predicted octanol–water partition coefficient (Wildman–Crippen LogP) is 2.27. The minimum atomic E-state index is -0.340. The van der Waals surface area contributed by atoms with Crippen molar-refractivity contribution >= 4 is 17.9 Å². The molecule has 0 saturated carbocycles. The summed E-state index contributed by atoms with van der Waals surface area (Å²) in [7, 11) is 0. The second kappa shape index (κ2) is 9.86. The Morgan fingerprint density at radius 3 is 2.70 bits per heavy atom. The first-order valence-electron chi connectivity index (χ1n) is 10.8. The van der Waals surface area contributed by atoms with E-state index in [-0.39, 0.29) is 12.1 Å². The van der Waals surface area contributed by atoms with Gasteiger partial charge in [0, 0.05) is 45.5 Å². The second-order valence-electron chi connectivity index (χ2n) is 7.77. The standard InChI is InChI=1S/C22H30N6O2/c1-2-19-16-30-22(29)28(19)20-8-10-25-21(26-20)24-9-7-17-3-5-18(6-4-17)15-27-13-11-23-12-14-27/h3-6,8,10,19,23H,2,7,9,11-16H2,1H3,(H,24,25,26)/t19-/m0/s1. The third-order valence-electron chi connectivity index (χ3n) is 5.66. The fraction of sp³-hybridized carbons (Fsp3) is 0.500. The molecule has 1 amide bonds. The summed E-state index contributed by atoms with van der Waals surface area (Å²) in [5.74, 6) is 1.11. The van der Waals surface area contributed by atoms with Crippen molar-refractivity contribution in [3.05, 3.63) is 47.7 Å². The summed E-state index contributed by atoms with van der Waals surface area (Å²) >= 11 is 0. The largest absolute Gasteiger partial charge is 0.447 e. The highest BCUT2D eigenvalue weighted by Gasteiger charge is 2.34. The molecule has 1 atom stereocenters. The molecule has 0 spiro atoms. The fourth-order valence-electron chi connectivity index (χ4n) is 3.87. The number of hydrogen-bond acceptors (Lipinski definition) is 7. The molecule has 2 fully saturated rings. The van der Waals surface area contributed by atoms with Crippen LogP contribution in [0.5, 0.6) is 0 Å². The number of ether oxygens (including phenoxy) is 1. The lowest BCUT2D eigenvalue weighted by molar-refractivity contribution is 0.178. The number of anilines is 2. The highest BCUT2D eigenvalue weighted by Crippen LogP contribution is 2.23. The normalized spacial score (nSPS) is 19.7. The molecule has 30 heavy (non-hydrogen) atoms. The van der Waals surface area contributed by atoms with Crippen molar-refractivity contribution in [2.75, 3.05) is 49.5 Å². The van der Waals surface area contributed by atoms with E-state index in [1.165, 1.54) is 11.1 Å². The van der Waals surface area contributed by atoms with Crippen molar-refractivity contribution in [1.82, 2.24) is 20.2 Å². The van der Waals surface area contributed by atoms with Crippen molar-refractivity contribution in [3.8, 4) is 0 Å². The van der Waals surface area contributed by atoms with Gasteiger partial charge in [0.05, 0.1) is 6.04 Å². The highest BCUT2D eigenvalue weighted by molar-refractivity contribution is 5.89. The first kappa shape index (κ1) is 20.6. The Morgan fingerprint density at radius 1 is 1.17 bits per heavy atom. The van der Waals surface area contributed by atoms with Crippen LogP contribution in [0.1, 0.15) is 24.5 Å². The molecule has 160 valence electrons. The quantitative estimate of drug-likeness (QED) is 0.691. The highest BCUT2D eigenvalue weighted by atomic mass is 16.6. The van der Waals surface area contributed by atoms with Crippen LogP contribution in [0.3, 0.4) is 0 Å². The Kier molecular flexibility index (Phi) is 6.76. The maximum absolute atomic E-state index is 12.0. The van der Waals surface area contributed by atoms with E-state index in [9.17, 15) is 4.79 Å². The summed E-state index contributed by atoms with van der Waals surface area (Å²) in [6.07, 6.45) is 3.04. The van der Waals surface area contributed by atoms with E-state index in [0.717, 1.165) is 52.1 Å². The number of carbonyl (C=O) groups excluding carboxylic acids is 1. The predicted molar refractivity (Wildman–Crippen MR) is 117 cm³/mol. The third-order valence-corrected chi connectivity index (χ3v) is 5.66. The number of piperazine rings is 1. The summed E-state index contributed by atoms with van der Waals surface area (Å²) in [6, 6.07) is 10.6. The molecular weight excluding hydrogens is 380 g/mol. The van der Waals surface area contributed by atoms with E-state index in [4.69, 9.17) is 4.74 Å². The van der Waals surface area contributed by atoms with Gasteiger partial charge in [-0.1, -0.05) is 31.2 Å². The van der Waals surface area contributed by atoms with Crippen molar-refractivity contribution in [2.45, 2.75) is 32.4 Å². The molecule has 0 radical (unpaired) electrons. The summed E-state index contributed by atoms with van der Waals surface area (Å²) < 4.78 is 5.16. The summed E-state index contributed by atoms with van der Waals surface area (Å²) in [4.78, 5) is 24.9. The van der Waals surface area contributed by atoms with Gasteiger partial charge in [-0.05, 0) is 30.0 Å². The Hall–Kier alpha value is -2.71. The van der Waals surface area contributed by atoms with E-state index < -0.39 is 0 Å². The van der Waals surface area contributed by atoms with E-state index in [1.807, 2.05) is 6.92 Å². The van der Waals surface area contributed by atoms with Gasteiger partial charge >= 0.3 is 6.09 Å². The lowest BCUT2D eigenvalue weighted by atomic mass is 10.1. The first-order chi connectivity index (χ1) is 14.7. The van der Waals surface area contributed by atoms with Gasteiger partial charge in [0.25, 0.3) is 0 Å². The number of hydrogen-bond donors (Lipinski definition) is 2. The van der Waals surface area contributed by atoms with Gasteiger partial charge < -0.3 is 15.4 Å². The van der Waals surface area contributed by atoms with Gasteiger partial charge in [-0.2, -0.15) is 4.98 Å². The van der Waals surface area contributed by atoms with Gasteiger partial charge in [0.2, 0.25) is 5.95 Å². The number of carbonyl (C=O) groups is 1. The van der Waals surface area contributed by atoms with Gasteiger partial charge in [-0.25, -0.2) is 9.78 Å². The molecule has 0 unspecified atom stereocenters. The van der Waals surface area contributed by atoms with E-state index in [1.54, 1.807) is 17.2 Å². The Morgan fingerprint density at radius 2 is 1.93 bits per heavy atom. The summed E-state index contributed by atoms with van der Waals surface area (Å²) in [6.45, 7) is 8.55. The molecule has 0 bridgehead atoms. The molecule has 3 heterocycles. The SMILES string of the molecule is CC[C@H]1COC(=O)N1c1ccnc(NCCc2ccc(CN3CCNCC3)cc2)n1. The van der Waals surface area contributed by atoms with Crippen LogP contribution in [0.25, 0.3) is 0 Å². The van der Waals surface area contributed by atoms with E-state index in [0.29, 0.717) is 18.4 Å². The van der Waals surface area contributed by atoms with Crippen LogP contribution in [0.2, 0.25) is 0 Å². The van der Waals surface area contributed by atoms with Crippen LogP contribution < -0.4 is 15.5 Å². The zero-order chi connectivity index (χ0) is 20.8. The number of aromatic nitrogens is 2. The van der Waals surface area contributed by atoms with E-state index in [2.05, 4.69) is 49.8 Å². The number of nitrogens with one attached hydrogen (secondary N) is 2. The zero-order valence-electron chi connectivity index (χ0n) is 17.5. The lowest BCUT2D eigenvalue weighted by Crippen LogP contribution is -2.42. The second-order valence-corrected chi connectivity index (χ2v) is 7.77. The van der Waals surface area contributed by atoms with Crippen LogP contribution in [-0.4, -0.2) is 66.3 Å². The molecule has 1 aromatic carbocycles. The monoisotopic (exact) mass is 410 g/mol. The van der Waals surface area contributed by atoms with Gasteiger partial charge in [0.15, 0.2) is 0 Å². The zero-order valence-corrected chi connectivity index (χ0v) is 17.5. The molecule has 8 heteroatoms. The third kappa shape index (κ3) is 5.06. The van der Waals surface area contributed by atoms with Crippen LogP contribution >= 0.6 is 0 Å². The summed E-state index contributed by atoms with van der Waals surface area (Å²) in [5, 5.41) is 6.66. The minimum absolute atomic E-state index is 0.0277. The topological polar surface area (TPSA) is 82.6 Å².